The fraction of sp³-hybridized carbons (Fsp3) is 0.667. The Morgan fingerprint density at radius 3 is 2.00 bits per heavy atom. The Morgan fingerprint density at radius 1 is 0.950 bits per heavy atom. The maximum Gasteiger partial charge on any atom is 0.123 e. The first kappa shape index (κ1) is 17.2. The first-order valence-corrected chi connectivity index (χ1v) is 8.08. The number of halogens is 1. The van der Waals surface area contributed by atoms with Crippen molar-refractivity contribution in [3.8, 4) is 0 Å². The highest BCUT2D eigenvalue weighted by atomic mass is 19.1. The Hall–Kier alpha value is -0.890. The average Bonchev–Trinajstić information content (AvgIpc) is 2.36. The minimum Gasteiger partial charge on any atom is -0.324 e. The molecule has 1 unspecified atom stereocenters. The van der Waals surface area contributed by atoms with E-state index in [1.165, 1.54) is 44.9 Å². The van der Waals surface area contributed by atoms with Crippen molar-refractivity contribution in [2.24, 2.45) is 5.73 Å². The molecule has 1 atom stereocenters. The van der Waals surface area contributed by atoms with Gasteiger partial charge in [-0.25, -0.2) is 4.39 Å². The molecule has 1 aromatic rings. The van der Waals surface area contributed by atoms with E-state index in [1.54, 1.807) is 12.1 Å². The molecule has 0 spiro atoms. The summed E-state index contributed by atoms with van der Waals surface area (Å²) in [5.41, 5.74) is 9.39. The van der Waals surface area contributed by atoms with Crippen molar-refractivity contribution in [1.29, 1.82) is 0 Å². The van der Waals surface area contributed by atoms with Gasteiger partial charge in [-0.2, -0.15) is 0 Å². The van der Waals surface area contributed by atoms with E-state index in [4.69, 9.17) is 5.73 Å². The molecule has 0 amide bonds. The van der Waals surface area contributed by atoms with Gasteiger partial charge in [-0.3, -0.25) is 0 Å². The smallest absolute Gasteiger partial charge is 0.123 e. The molecule has 114 valence electrons. The van der Waals surface area contributed by atoms with Crippen LogP contribution in [0, 0.1) is 19.7 Å². The Balaban J connectivity index is 2.34. The van der Waals surface area contributed by atoms with Gasteiger partial charge >= 0.3 is 0 Å². The number of rotatable bonds is 9. The second-order valence-corrected chi connectivity index (χ2v) is 5.97. The van der Waals surface area contributed by atoms with Crippen LogP contribution in [0.15, 0.2) is 12.1 Å². The molecule has 0 saturated heterocycles. The fourth-order valence-corrected chi connectivity index (χ4v) is 2.97. The number of nitrogens with two attached hydrogens (primary N) is 1. The van der Waals surface area contributed by atoms with Crippen LogP contribution < -0.4 is 5.73 Å². The van der Waals surface area contributed by atoms with Crippen LogP contribution in [0.3, 0.4) is 0 Å². The summed E-state index contributed by atoms with van der Waals surface area (Å²) in [6.07, 6.45) is 10.1. The van der Waals surface area contributed by atoms with Gasteiger partial charge < -0.3 is 5.73 Å². The Labute approximate surface area is 123 Å². The van der Waals surface area contributed by atoms with Gasteiger partial charge in [-0.05, 0) is 49.1 Å². The molecule has 1 aromatic carbocycles. The molecule has 2 N–H and O–H groups in total. The SMILES string of the molecule is CCCCCCCCCC(N)c1c(C)cc(F)cc1C. The zero-order chi connectivity index (χ0) is 15.0. The molecule has 1 rings (SSSR count). The lowest BCUT2D eigenvalue weighted by Gasteiger charge is -2.17. The second-order valence-electron chi connectivity index (χ2n) is 5.97. The number of benzene rings is 1. The monoisotopic (exact) mass is 279 g/mol. The average molecular weight is 279 g/mol. The minimum atomic E-state index is -0.160. The maximum absolute atomic E-state index is 13.3. The van der Waals surface area contributed by atoms with Crippen LogP contribution in [0.1, 0.15) is 81.0 Å². The molecule has 0 radical (unpaired) electrons. The van der Waals surface area contributed by atoms with E-state index in [0.717, 1.165) is 23.1 Å². The summed E-state index contributed by atoms with van der Waals surface area (Å²) in [6.45, 7) is 6.15. The van der Waals surface area contributed by atoms with Gasteiger partial charge in [-0.1, -0.05) is 51.9 Å². The van der Waals surface area contributed by atoms with Crippen molar-refractivity contribution >= 4 is 0 Å². The topological polar surface area (TPSA) is 26.0 Å². The van der Waals surface area contributed by atoms with Gasteiger partial charge in [0.2, 0.25) is 0 Å². The predicted octanol–water partition coefficient (Wildman–Crippen LogP) is 5.58. The molecule has 0 aliphatic rings. The maximum atomic E-state index is 13.3. The lowest BCUT2D eigenvalue weighted by molar-refractivity contribution is 0.538. The summed E-state index contributed by atoms with van der Waals surface area (Å²) in [7, 11) is 0. The third kappa shape index (κ3) is 5.62. The lowest BCUT2D eigenvalue weighted by atomic mass is 9.93. The molecule has 2 heteroatoms. The summed E-state index contributed by atoms with van der Waals surface area (Å²) < 4.78 is 13.3. The largest absolute Gasteiger partial charge is 0.324 e. The van der Waals surface area contributed by atoms with Gasteiger partial charge in [0.1, 0.15) is 5.82 Å². The zero-order valence-electron chi connectivity index (χ0n) is 13.3. The molecular weight excluding hydrogens is 249 g/mol. The summed E-state index contributed by atoms with van der Waals surface area (Å²) in [4.78, 5) is 0. The Bertz CT molecular complexity index is 377. The Kier molecular flexibility index (Phi) is 7.83. The van der Waals surface area contributed by atoms with Crippen LogP contribution in [0.5, 0.6) is 0 Å². The van der Waals surface area contributed by atoms with E-state index in [9.17, 15) is 4.39 Å². The molecule has 0 heterocycles. The van der Waals surface area contributed by atoms with E-state index in [1.807, 2.05) is 13.8 Å². The summed E-state index contributed by atoms with van der Waals surface area (Å²) in [5.74, 6) is -0.160. The van der Waals surface area contributed by atoms with E-state index in [-0.39, 0.29) is 11.9 Å². The normalized spacial score (nSPS) is 12.7. The quantitative estimate of drug-likeness (QED) is 0.586. The van der Waals surface area contributed by atoms with Crippen LogP contribution in [-0.4, -0.2) is 0 Å². The molecule has 1 nitrogen and oxygen atoms in total. The molecule has 0 aliphatic carbocycles. The molecule has 0 aliphatic heterocycles. The number of hydrogen-bond donors (Lipinski definition) is 1. The highest BCUT2D eigenvalue weighted by Gasteiger charge is 2.12. The summed E-state index contributed by atoms with van der Waals surface area (Å²) in [6, 6.07) is 3.23. The number of hydrogen-bond acceptors (Lipinski definition) is 1. The van der Waals surface area contributed by atoms with Crippen molar-refractivity contribution in [2.75, 3.05) is 0 Å². The number of unbranched alkanes of at least 4 members (excludes halogenated alkanes) is 6. The van der Waals surface area contributed by atoms with Crippen LogP contribution in [0.25, 0.3) is 0 Å². The number of aryl methyl sites for hydroxylation is 2. The van der Waals surface area contributed by atoms with Crippen molar-refractivity contribution < 1.29 is 4.39 Å². The van der Waals surface area contributed by atoms with E-state index < -0.39 is 0 Å². The first-order chi connectivity index (χ1) is 9.56. The summed E-state index contributed by atoms with van der Waals surface area (Å²) >= 11 is 0. The fourth-order valence-electron chi connectivity index (χ4n) is 2.97. The molecule has 0 saturated carbocycles. The predicted molar refractivity (Wildman–Crippen MR) is 85.4 cm³/mol. The molecule has 0 aromatic heterocycles. The van der Waals surface area contributed by atoms with Crippen molar-refractivity contribution in [1.82, 2.24) is 0 Å². The van der Waals surface area contributed by atoms with Crippen molar-refractivity contribution in [3.05, 3.63) is 34.6 Å². The molecule has 0 bridgehead atoms. The minimum absolute atomic E-state index is 0.0474. The van der Waals surface area contributed by atoms with Gasteiger partial charge in [-0.15, -0.1) is 0 Å². The van der Waals surface area contributed by atoms with Gasteiger partial charge in [0.05, 0.1) is 0 Å². The second kappa shape index (κ2) is 9.12. The van der Waals surface area contributed by atoms with E-state index >= 15 is 0 Å². The summed E-state index contributed by atoms with van der Waals surface area (Å²) in [5, 5.41) is 0. The van der Waals surface area contributed by atoms with Gasteiger partial charge in [0, 0.05) is 6.04 Å². The van der Waals surface area contributed by atoms with Crippen LogP contribution in [0.2, 0.25) is 0 Å². The van der Waals surface area contributed by atoms with Crippen LogP contribution in [0.4, 0.5) is 4.39 Å². The van der Waals surface area contributed by atoms with Crippen LogP contribution >= 0.6 is 0 Å². The highest BCUT2D eigenvalue weighted by Crippen LogP contribution is 2.25. The third-order valence-electron chi connectivity index (χ3n) is 4.05. The standard InChI is InChI=1S/C18H30FN/c1-4-5-6-7-8-9-10-11-17(20)18-14(2)12-16(19)13-15(18)3/h12-13,17H,4-11,20H2,1-3H3. The van der Waals surface area contributed by atoms with E-state index in [2.05, 4.69) is 6.92 Å². The van der Waals surface area contributed by atoms with Crippen LogP contribution in [-0.2, 0) is 0 Å². The van der Waals surface area contributed by atoms with Gasteiger partial charge in [0.25, 0.3) is 0 Å². The first-order valence-electron chi connectivity index (χ1n) is 8.08. The highest BCUT2D eigenvalue weighted by molar-refractivity contribution is 5.36. The van der Waals surface area contributed by atoms with E-state index in [0.29, 0.717) is 0 Å². The molecule has 0 fully saturated rings. The zero-order valence-corrected chi connectivity index (χ0v) is 13.3. The molecule has 20 heavy (non-hydrogen) atoms. The molecular formula is C18H30FN. The Morgan fingerprint density at radius 2 is 1.45 bits per heavy atom. The van der Waals surface area contributed by atoms with Crippen molar-refractivity contribution in [3.63, 3.8) is 0 Å². The van der Waals surface area contributed by atoms with Gasteiger partial charge in [0.15, 0.2) is 0 Å². The lowest BCUT2D eigenvalue weighted by Crippen LogP contribution is -2.13. The third-order valence-corrected chi connectivity index (χ3v) is 4.05. The van der Waals surface area contributed by atoms with Crippen molar-refractivity contribution in [2.45, 2.75) is 78.2 Å².